The van der Waals surface area contributed by atoms with Crippen LogP contribution in [0.5, 0.6) is 0 Å². The predicted molar refractivity (Wildman–Crippen MR) is 97.6 cm³/mol. The third-order valence-corrected chi connectivity index (χ3v) is 7.68. The fourth-order valence-electron chi connectivity index (χ4n) is 2.83. The normalized spacial score (nSPS) is 16.0. The van der Waals surface area contributed by atoms with Crippen LogP contribution in [0.25, 0.3) is 0 Å². The summed E-state index contributed by atoms with van der Waals surface area (Å²) in [4.78, 5) is 4.08. The zero-order chi connectivity index (χ0) is 18.6. The van der Waals surface area contributed by atoms with Gasteiger partial charge < -0.3 is 0 Å². The molecule has 7 nitrogen and oxygen atoms in total. The third-order valence-electron chi connectivity index (χ3n) is 4.29. The molecule has 1 aromatic heterocycles. The van der Waals surface area contributed by atoms with Crippen molar-refractivity contribution in [3.05, 3.63) is 54.4 Å². The molecule has 0 saturated carbocycles. The van der Waals surface area contributed by atoms with Crippen LogP contribution in [-0.4, -0.2) is 45.8 Å². The van der Waals surface area contributed by atoms with Gasteiger partial charge in [-0.1, -0.05) is 0 Å². The number of rotatable bonds is 7. The maximum Gasteiger partial charge on any atom is 0.243 e. The standard InChI is InChI=1S/C17H21N3O4S2/c21-25(22,19-12-9-15-7-10-18-11-8-15)16-3-5-17(6-4-16)26(23,24)20-13-1-2-14-20/h3-8,10-11,19H,1-2,9,12-14H2. The summed E-state index contributed by atoms with van der Waals surface area (Å²) in [6.45, 7) is 1.28. The molecule has 2 heterocycles. The van der Waals surface area contributed by atoms with Gasteiger partial charge in [-0.3, -0.25) is 4.98 Å². The highest BCUT2D eigenvalue weighted by Gasteiger charge is 2.27. The van der Waals surface area contributed by atoms with Crippen molar-refractivity contribution in [1.82, 2.24) is 14.0 Å². The van der Waals surface area contributed by atoms with E-state index in [1.165, 1.54) is 28.6 Å². The summed E-state index contributed by atoms with van der Waals surface area (Å²) in [5.74, 6) is 0. The molecule has 3 rings (SSSR count). The van der Waals surface area contributed by atoms with Gasteiger partial charge in [-0.2, -0.15) is 4.31 Å². The Kier molecular flexibility index (Phi) is 5.71. The minimum absolute atomic E-state index is 0.0487. The first-order chi connectivity index (χ1) is 12.4. The van der Waals surface area contributed by atoms with E-state index in [4.69, 9.17) is 0 Å². The number of hydrogen-bond acceptors (Lipinski definition) is 5. The molecule has 0 aliphatic carbocycles. The second-order valence-electron chi connectivity index (χ2n) is 6.09. The van der Waals surface area contributed by atoms with Gasteiger partial charge in [0.15, 0.2) is 0 Å². The molecule has 1 aliphatic heterocycles. The summed E-state index contributed by atoms with van der Waals surface area (Å²) >= 11 is 0. The molecule has 0 unspecified atom stereocenters. The third kappa shape index (κ3) is 4.29. The number of benzene rings is 1. The predicted octanol–water partition coefficient (Wildman–Crippen LogP) is 1.39. The van der Waals surface area contributed by atoms with Crippen molar-refractivity contribution in [2.45, 2.75) is 29.1 Å². The Morgan fingerprint density at radius 1 is 0.885 bits per heavy atom. The molecule has 0 atom stereocenters. The molecule has 1 aromatic carbocycles. The summed E-state index contributed by atoms with van der Waals surface area (Å²) in [6.07, 6.45) is 5.57. The van der Waals surface area contributed by atoms with Crippen molar-refractivity contribution in [3.63, 3.8) is 0 Å². The van der Waals surface area contributed by atoms with Crippen LogP contribution in [0.4, 0.5) is 0 Å². The lowest BCUT2D eigenvalue weighted by atomic mass is 10.2. The van der Waals surface area contributed by atoms with Gasteiger partial charge in [0.1, 0.15) is 0 Å². The fraction of sp³-hybridized carbons (Fsp3) is 0.353. The van der Waals surface area contributed by atoms with E-state index >= 15 is 0 Å². The second kappa shape index (κ2) is 7.83. The van der Waals surface area contributed by atoms with E-state index in [-0.39, 0.29) is 16.3 Å². The molecule has 0 radical (unpaired) electrons. The average Bonchev–Trinajstić information content (AvgIpc) is 3.18. The molecule has 9 heteroatoms. The van der Waals surface area contributed by atoms with Gasteiger partial charge in [-0.25, -0.2) is 21.6 Å². The molecule has 0 amide bonds. The molecular weight excluding hydrogens is 374 g/mol. The van der Waals surface area contributed by atoms with Crippen LogP contribution in [0, 0.1) is 0 Å². The highest BCUT2D eigenvalue weighted by Crippen LogP contribution is 2.22. The van der Waals surface area contributed by atoms with E-state index in [2.05, 4.69) is 9.71 Å². The Balaban J connectivity index is 1.67. The Morgan fingerprint density at radius 2 is 1.46 bits per heavy atom. The van der Waals surface area contributed by atoms with Crippen LogP contribution in [0.15, 0.2) is 58.6 Å². The van der Waals surface area contributed by atoms with Crippen LogP contribution in [-0.2, 0) is 26.5 Å². The molecule has 0 bridgehead atoms. The molecular formula is C17H21N3O4S2. The van der Waals surface area contributed by atoms with Crippen molar-refractivity contribution < 1.29 is 16.8 Å². The molecule has 2 aromatic rings. The minimum atomic E-state index is -3.69. The number of sulfonamides is 2. The van der Waals surface area contributed by atoms with Gasteiger partial charge in [-0.15, -0.1) is 0 Å². The van der Waals surface area contributed by atoms with Crippen molar-refractivity contribution in [1.29, 1.82) is 0 Å². The molecule has 26 heavy (non-hydrogen) atoms. The lowest BCUT2D eigenvalue weighted by Gasteiger charge is -2.15. The Bertz CT molecular complexity index is 937. The van der Waals surface area contributed by atoms with Gasteiger partial charge in [0, 0.05) is 32.0 Å². The molecule has 1 fully saturated rings. The topological polar surface area (TPSA) is 96.4 Å². The summed E-state index contributed by atoms with van der Waals surface area (Å²) in [6, 6.07) is 9.02. The highest BCUT2D eigenvalue weighted by atomic mass is 32.2. The fourth-order valence-corrected chi connectivity index (χ4v) is 5.38. The van der Waals surface area contributed by atoms with E-state index in [1.54, 1.807) is 12.4 Å². The van der Waals surface area contributed by atoms with E-state index in [0.29, 0.717) is 19.5 Å². The average molecular weight is 396 g/mol. The summed E-state index contributed by atoms with van der Waals surface area (Å²) in [5.41, 5.74) is 0.981. The van der Waals surface area contributed by atoms with E-state index < -0.39 is 20.0 Å². The highest BCUT2D eigenvalue weighted by molar-refractivity contribution is 7.89. The maximum atomic E-state index is 12.5. The summed E-state index contributed by atoms with van der Waals surface area (Å²) < 4.78 is 53.6. The van der Waals surface area contributed by atoms with Gasteiger partial charge in [-0.05, 0) is 61.2 Å². The number of pyridine rings is 1. The minimum Gasteiger partial charge on any atom is -0.265 e. The van der Waals surface area contributed by atoms with Crippen LogP contribution < -0.4 is 4.72 Å². The van der Waals surface area contributed by atoms with E-state index in [9.17, 15) is 16.8 Å². The van der Waals surface area contributed by atoms with Crippen molar-refractivity contribution in [2.24, 2.45) is 0 Å². The molecule has 1 aliphatic rings. The first kappa shape index (κ1) is 19.0. The molecule has 140 valence electrons. The van der Waals surface area contributed by atoms with Crippen molar-refractivity contribution >= 4 is 20.0 Å². The summed E-state index contributed by atoms with van der Waals surface area (Å²) in [7, 11) is -7.23. The van der Waals surface area contributed by atoms with Gasteiger partial charge in [0.2, 0.25) is 20.0 Å². The maximum absolute atomic E-state index is 12.5. The van der Waals surface area contributed by atoms with Gasteiger partial charge >= 0.3 is 0 Å². The zero-order valence-electron chi connectivity index (χ0n) is 14.2. The summed E-state index contributed by atoms with van der Waals surface area (Å²) in [5, 5.41) is 0. The number of nitrogens with zero attached hydrogens (tertiary/aromatic N) is 2. The van der Waals surface area contributed by atoms with E-state index in [0.717, 1.165) is 18.4 Å². The smallest absolute Gasteiger partial charge is 0.243 e. The second-order valence-corrected chi connectivity index (χ2v) is 9.79. The Hall–Kier alpha value is -1.81. The number of nitrogens with one attached hydrogen (secondary N) is 1. The largest absolute Gasteiger partial charge is 0.265 e. The lowest BCUT2D eigenvalue weighted by Crippen LogP contribution is -2.28. The van der Waals surface area contributed by atoms with Crippen molar-refractivity contribution in [2.75, 3.05) is 19.6 Å². The van der Waals surface area contributed by atoms with Crippen LogP contribution in [0.1, 0.15) is 18.4 Å². The van der Waals surface area contributed by atoms with Gasteiger partial charge in [0.25, 0.3) is 0 Å². The lowest BCUT2D eigenvalue weighted by molar-refractivity contribution is 0.477. The monoisotopic (exact) mass is 395 g/mol. The molecule has 1 N–H and O–H groups in total. The Morgan fingerprint density at radius 3 is 2.08 bits per heavy atom. The quantitative estimate of drug-likeness (QED) is 0.764. The number of hydrogen-bond donors (Lipinski definition) is 1. The number of aromatic nitrogens is 1. The van der Waals surface area contributed by atoms with E-state index in [1.807, 2.05) is 12.1 Å². The van der Waals surface area contributed by atoms with Crippen LogP contribution >= 0.6 is 0 Å². The van der Waals surface area contributed by atoms with Crippen molar-refractivity contribution in [3.8, 4) is 0 Å². The zero-order valence-corrected chi connectivity index (χ0v) is 15.8. The van der Waals surface area contributed by atoms with Gasteiger partial charge in [0.05, 0.1) is 9.79 Å². The molecule has 1 saturated heterocycles. The first-order valence-electron chi connectivity index (χ1n) is 8.38. The first-order valence-corrected chi connectivity index (χ1v) is 11.3. The molecule has 0 spiro atoms. The SMILES string of the molecule is O=S(=O)(NCCc1ccncc1)c1ccc(S(=O)(=O)N2CCCC2)cc1. The Labute approximate surface area is 154 Å². The van der Waals surface area contributed by atoms with Crippen LogP contribution in [0.2, 0.25) is 0 Å². The van der Waals surface area contributed by atoms with Crippen LogP contribution in [0.3, 0.4) is 0 Å².